The maximum Gasteiger partial charge on any atom is 0.286 e. The Kier molecular flexibility index (Phi) is 5.36. The number of nitrogens with zero attached hydrogens (tertiary/aromatic N) is 1. The molecule has 0 fully saturated rings. The van der Waals surface area contributed by atoms with E-state index in [1.54, 1.807) is 14.0 Å². The van der Waals surface area contributed by atoms with Gasteiger partial charge in [-0.2, -0.15) is 0 Å². The molecule has 1 aromatic rings. The van der Waals surface area contributed by atoms with E-state index in [0.717, 1.165) is 16.9 Å². The molecular formula is C15H23NO3. The quantitative estimate of drug-likeness (QED) is 0.768. The summed E-state index contributed by atoms with van der Waals surface area (Å²) in [4.78, 5) is 16.8. The Morgan fingerprint density at radius 3 is 2.42 bits per heavy atom. The minimum atomic E-state index is -0.579. The lowest BCUT2D eigenvalue weighted by molar-refractivity contribution is -0.175. The van der Waals surface area contributed by atoms with Crippen molar-refractivity contribution in [2.24, 2.45) is 0 Å². The fourth-order valence-electron chi connectivity index (χ4n) is 1.81. The Labute approximate surface area is 115 Å². The zero-order valence-corrected chi connectivity index (χ0v) is 12.6. The molecular weight excluding hydrogens is 242 g/mol. The van der Waals surface area contributed by atoms with Crippen LogP contribution in [0.25, 0.3) is 0 Å². The number of likely N-dealkylation sites (N-methyl/N-ethyl adjacent to an activating group) is 1. The zero-order chi connectivity index (χ0) is 14.6. The Bertz CT molecular complexity index is 443. The van der Waals surface area contributed by atoms with Gasteiger partial charge in [0, 0.05) is 7.05 Å². The Hall–Kier alpha value is -1.55. The minimum absolute atomic E-state index is 0.210. The average molecular weight is 265 g/mol. The highest BCUT2D eigenvalue weighted by molar-refractivity contribution is 5.79. The number of carbonyl (C=O) groups excluding carboxylic acids is 1. The van der Waals surface area contributed by atoms with Gasteiger partial charge in [0.25, 0.3) is 5.91 Å². The minimum Gasteiger partial charge on any atom is -0.481 e. The predicted octanol–water partition coefficient (Wildman–Crippen LogP) is 2.91. The van der Waals surface area contributed by atoms with E-state index < -0.39 is 6.10 Å². The molecule has 0 aliphatic heterocycles. The van der Waals surface area contributed by atoms with Gasteiger partial charge in [0.1, 0.15) is 5.75 Å². The molecule has 1 atom stereocenters. The van der Waals surface area contributed by atoms with Crippen LogP contribution in [-0.2, 0) is 9.63 Å². The van der Waals surface area contributed by atoms with Gasteiger partial charge in [-0.1, -0.05) is 26.0 Å². The van der Waals surface area contributed by atoms with Gasteiger partial charge in [0.2, 0.25) is 0 Å². The van der Waals surface area contributed by atoms with E-state index in [0.29, 0.717) is 5.92 Å². The molecule has 0 radical (unpaired) electrons. The molecule has 0 saturated heterocycles. The molecule has 0 aliphatic rings. The molecule has 106 valence electrons. The largest absolute Gasteiger partial charge is 0.481 e. The van der Waals surface area contributed by atoms with Gasteiger partial charge in [-0.05, 0) is 37.0 Å². The molecule has 4 heteroatoms. The van der Waals surface area contributed by atoms with E-state index in [-0.39, 0.29) is 5.91 Å². The third kappa shape index (κ3) is 3.96. The maximum absolute atomic E-state index is 11.9. The van der Waals surface area contributed by atoms with Crippen molar-refractivity contribution in [2.45, 2.75) is 39.7 Å². The fourth-order valence-corrected chi connectivity index (χ4v) is 1.81. The van der Waals surface area contributed by atoms with E-state index >= 15 is 0 Å². The van der Waals surface area contributed by atoms with Gasteiger partial charge < -0.3 is 4.74 Å². The van der Waals surface area contributed by atoms with Gasteiger partial charge in [0.15, 0.2) is 6.10 Å². The summed E-state index contributed by atoms with van der Waals surface area (Å²) in [5, 5.41) is 1.18. The van der Waals surface area contributed by atoms with Crippen LogP contribution in [-0.4, -0.2) is 31.2 Å². The van der Waals surface area contributed by atoms with Gasteiger partial charge >= 0.3 is 0 Å². The van der Waals surface area contributed by atoms with Crippen LogP contribution in [0.5, 0.6) is 5.75 Å². The second-order valence-corrected chi connectivity index (χ2v) is 4.97. The molecule has 0 spiro atoms. The summed E-state index contributed by atoms with van der Waals surface area (Å²) in [6.45, 7) is 7.94. The maximum atomic E-state index is 11.9. The molecule has 1 aromatic carbocycles. The van der Waals surface area contributed by atoms with Crippen LogP contribution in [0.2, 0.25) is 0 Å². The first-order valence-corrected chi connectivity index (χ1v) is 6.45. The monoisotopic (exact) mass is 265 g/mol. The summed E-state index contributed by atoms with van der Waals surface area (Å²) < 4.78 is 5.80. The van der Waals surface area contributed by atoms with Crippen LogP contribution >= 0.6 is 0 Å². The topological polar surface area (TPSA) is 38.8 Å². The summed E-state index contributed by atoms with van der Waals surface area (Å²) in [6, 6.07) is 6.06. The average Bonchev–Trinajstić information content (AvgIpc) is 2.36. The summed E-state index contributed by atoms with van der Waals surface area (Å²) in [5.41, 5.74) is 2.21. The Morgan fingerprint density at radius 2 is 1.89 bits per heavy atom. The zero-order valence-electron chi connectivity index (χ0n) is 12.6. The van der Waals surface area contributed by atoms with Crippen LogP contribution in [0.4, 0.5) is 0 Å². The molecule has 19 heavy (non-hydrogen) atoms. The molecule has 0 heterocycles. The third-order valence-corrected chi connectivity index (χ3v) is 3.03. The smallest absolute Gasteiger partial charge is 0.286 e. The van der Waals surface area contributed by atoms with E-state index in [1.807, 2.05) is 19.1 Å². The van der Waals surface area contributed by atoms with Crippen LogP contribution in [0.15, 0.2) is 18.2 Å². The van der Waals surface area contributed by atoms with E-state index in [9.17, 15) is 4.79 Å². The molecule has 0 aliphatic carbocycles. The standard InChI is InChI=1S/C15H23NO3/c1-10(2)13-8-7-11(3)9-14(13)19-12(4)15(17)16(5)18-6/h7-10,12H,1-6H3. The highest BCUT2D eigenvalue weighted by Gasteiger charge is 2.21. The van der Waals surface area contributed by atoms with Crippen molar-refractivity contribution >= 4 is 5.91 Å². The summed E-state index contributed by atoms with van der Waals surface area (Å²) >= 11 is 0. The van der Waals surface area contributed by atoms with Gasteiger partial charge in [0.05, 0.1) is 7.11 Å². The van der Waals surface area contributed by atoms with E-state index in [4.69, 9.17) is 9.57 Å². The molecule has 1 unspecified atom stereocenters. The second-order valence-electron chi connectivity index (χ2n) is 4.97. The normalized spacial score (nSPS) is 12.4. The second kappa shape index (κ2) is 6.57. The molecule has 4 nitrogen and oxygen atoms in total. The molecule has 0 saturated carbocycles. The van der Waals surface area contributed by atoms with Crippen molar-refractivity contribution in [3.8, 4) is 5.75 Å². The first-order valence-electron chi connectivity index (χ1n) is 6.45. The van der Waals surface area contributed by atoms with Crippen LogP contribution in [0.3, 0.4) is 0 Å². The number of carbonyl (C=O) groups is 1. The lowest BCUT2D eigenvalue weighted by atomic mass is 10.0. The third-order valence-electron chi connectivity index (χ3n) is 3.03. The SMILES string of the molecule is CON(C)C(=O)C(C)Oc1cc(C)ccc1C(C)C. The van der Waals surface area contributed by atoms with E-state index in [1.165, 1.54) is 12.2 Å². The van der Waals surface area contributed by atoms with Gasteiger partial charge in [-0.25, -0.2) is 5.06 Å². The van der Waals surface area contributed by atoms with E-state index in [2.05, 4.69) is 19.9 Å². The van der Waals surface area contributed by atoms with Crippen molar-refractivity contribution < 1.29 is 14.4 Å². The van der Waals surface area contributed by atoms with Crippen molar-refractivity contribution in [1.82, 2.24) is 5.06 Å². The first-order chi connectivity index (χ1) is 8.86. The number of amides is 1. The molecule has 0 N–H and O–H groups in total. The Morgan fingerprint density at radius 1 is 1.26 bits per heavy atom. The van der Waals surface area contributed by atoms with Crippen LogP contribution in [0, 0.1) is 6.92 Å². The number of rotatable bonds is 5. The molecule has 0 bridgehead atoms. The summed E-state index contributed by atoms with van der Waals surface area (Å²) in [5.74, 6) is 0.900. The molecule has 0 aromatic heterocycles. The molecule has 1 rings (SSSR count). The van der Waals surface area contributed by atoms with Crippen molar-refractivity contribution in [3.63, 3.8) is 0 Å². The predicted molar refractivity (Wildman–Crippen MR) is 75.1 cm³/mol. The number of hydrogen-bond acceptors (Lipinski definition) is 3. The Balaban J connectivity index is 2.92. The number of hydrogen-bond donors (Lipinski definition) is 0. The number of benzene rings is 1. The van der Waals surface area contributed by atoms with Crippen LogP contribution < -0.4 is 4.74 Å². The van der Waals surface area contributed by atoms with Crippen LogP contribution in [0.1, 0.15) is 37.8 Å². The first kappa shape index (κ1) is 15.5. The highest BCUT2D eigenvalue weighted by atomic mass is 16.7. The number of ether oxygens (including phenoxy) is 1. The molecule has 1 amide bonds. The van der Waals surface area contributed by atoms with Crippen molar-refractivity contribution in [3.05, 3.63) is 29.3 Å². The van der Waals surface area contributed by atoms with Gasteiger partial charge in [-0.3, -0.25) is 9.63 Å². The lowest BCUT2D eigenvalue weighted by Crippen LogP contribution is -2.37. The van der Waals surface area contributed by atoms with Gasteiger partial charge in [-0.15, -0.1) is 0 Å². The van der Waals surface area contributed by atoms with Crippen molar-refractivity contribution in [2.75, 3.05) is 14.2 Å². The summed E-state index contributed by atoms with van der Waals surface area (Å²) in [7, 11) is 3.03. The van der Waals surface area contributed by atoms with Crippen molar-refractivity contribution in [1.29, 1.82) is 0 Å². The lowest BCUT2D eigenvalue weighted by Gasteiger charge is -2.22. The number of aryl methyl sites for hydroxylation is 1. The fraction of sp³-hybridized carbons (Fsp3) is 0.533. The number of hydroxylamine groups is 2. The summed E-state index contributed by atoms with van der Waals surface area (Å²) in [6.07, 6.45) is -0.579. The highest BCUT2D eigenvalue weighted by Crippen LogP contribution is 2.28.